The molecule has 6 nitrogen and oxygen atoms in total. The Morgan fingerprint density at radius 3 is 2.68 bits per heavy atom. The molecule has 0 aliphatic carbocycles. The average molecular weight is 356 g/mol. The van der Waals surface area contributed by atoms with E-state index in [1.165, 1.54) is 4.31 Å². The maximum atomic E-state index is 12.4. The van der Waals surface area contributed by atoms with Crippen LogP contribution in [0.2, 0.25) is 0 Å². The molecule has 7 heteroatoms. The molecule has 1 saturated heterocycles. The molecule has 4 rings (SSSR count). The highest BCUT2D eigenvalue weighted by molar-refractivity contribution is 7.93. The van der Waals surface area contributed by atoms with Crippen LogP contribution in [0.15, 0.2) is 59.0 Å². The summed E-state index contributed by atoms with van der Waals surface area (Å²) in [6.45, 7) is 0.462. The molecule has 128 valence electrons. The first-order valence-electron chi connectivity index (χ1n) is 7.93. The molecule has 3 aromatic rings. The van der Waals surface area contributed by atoms with Gasteiger partial charge in [0.25, 0.3) is 5.91 Å². The van der Waals surface area contributed by atoms with Gasteiger partial charge >= 0.3 is 0 Å². The molecule has 2 heterocycles. The minimum Gasteiger partial charge on any atom is -0.451 e. The number of para-hydroxylation sites is 1. The number of carbonyl (C=O) groups is 1. The van der Waals surface area contributed by atoms with Gasteiger partial charge in [-0.2, -0.15) is 0 Å². The van der Waals surface area contributed by atoms with E-state index in [0.717, 1.165) is 5.39 Å². The van der Waals surface area contributed by atoms with Crippen molar-refractivity contribution in [2.75, 3.05) is 21.9 Å². The fourth-order valence-electron chi connectivity index (χ4n) is 2.95. The Hall–Kier alpha value is -2.80. The zero-order valence-electron chi connectivity index (χ0n) is 13.3. The lowest BCUT2D eigenvalue weighted by atomic mass is 10.2. The second kappa shape index (κ2) is 5.93. The molecule has 2 aromatic carbocycles. The molecule has 1 fully saturated rings. The van der Waals surface area contributed by atoms with E-state index in [1.807, 2.05) is 18.2 Å². The van der Waals surface area contributed by atoms with Crippen LogP contribution in [-0.2, 0) is 10.0 Å². The van der Waals surface area contributed by atoms with Crippen molar-refractivity contribution < 1.29 is 17.6 Å². The number of amides is 1. The van der Waals surface area contributed by atoms with Gasteiger partial charge in [0, 0.05) is 17.6 Å². The lowest BCUT2D eigenvalue weighted by molar-refractivity contribution is 0.0998. The number of benzene rings is 2. The minimum atomic E-state index is -3.25. The summed E-state index contributed by atoms with van der Waals surface area (Å²) in [4.78, 5) is 12.4. The summed E-state index contributed by atoms with van der Waals surface area (Å²) in [6, 6.07) is 15.9. The van der Waals surface area contributed by atoms with Gasteiger partial charge < -0.3 is 9.73 Å². The molecule has 0 saturated carbocycles. The fourth-order valence-corrected chi connectivity index (χ4v) is 4.51. The van der Waals surface area contributed by atoms with Crippen LogP contribution in [0.5, 0.6) is 0 Å². The number of hydrogen-bond acceptors (Lipinski definition) is 4. The Labute approximate surface area is 145 Å². The van der Waals surface area contributed by atoms with E-state index >= 15 is 0 Å². The number of nitrogens with zero attached hydrogens (tertiary/aromatic N) is 1. The standard InChI is InChI=1S/C18H16N2O4S/c21-18(17-11-13-5-1-2-8-16(13)24-17)19-14-6-3-7-15(12-14)20-9-4-10-25(20,22)23/h1-3,5-8,11-12H,4,9-10H2,(H,19,21). The number of hydrogen-bond donors (Lipinski definition) is 1. The average Bonchev–Trinajstić information content (AvgIpc) is 3.17. The third-order valence-corrected chi connectivity index (χ3v) is 6.01. The molecule has 1 N–H and O–H groups in total. The van der Waals surface area contributed by atoms with Crippen molar-refractivity contribution in [1.82, 2.24) is 0 Å². The van der Waals surface area contributed by atoms with E-state index in [9.17, 15) is 13.2 Å². The van der Waals surface area contributed by atoms with E-state index in [4.69, 9.17) is 4.42 Å². The summed E-state index contributed by atoms with van der Waals surface area (Å²) in [5.74, 6) is -0.0132. The van der Waals surface area contributed by atoms with Crippen molar-refractivity contribution in [1.29, 1.82) is 0 Å². The Bertz CT molecular complexity index is 1020. The molecule has 0 atom stereocenters. The Morgan fingerprint density at radius 1 is 1.08 bits per heavy atom. The van der Waals surface area contributed by atoms with E-state index in [0.29, 0.717) is 29.9 Å². The van der Waals surface area contributed by atoms with Gasteiger partial charge in [0.05, 0.1) is 11.4 Å². The van der Waals surface area contributed by atoms with Crippen LogP contribution in [0.4, 0.5) is 11.4 Å². The van der Waals surface area contributed by atoms with Gasteiger partial charge in [-0.15, -0.1) is 0 Å². The van der Waals surface area contributed by atoms with Crippen LogP contribution in [-0.4, -0.2) is 26.6 Å². The fraction of sp³-hybridized carbons (Fsp3) is 0.167. The zero-order chi connectivity index (χ0) is 17.4. The topological polar surface area (TPSA) is 79.6 Å². The second-order valence-electron chi connectivity index (χ2n) is 5.89. The second-order valence-corrected chi connectivity index (χ2v) is 7.91. The SMILES string of the molecule is O=C(Nc1cccc(N2CCCS2(=O)=O)c1)c1cc2ccccc2o1. The molecule has 0 bridgehead atoms. The van der Waals surface area contributed by atoms with Crippen LogP contribution < -0.4 is 9.62 Å². The number of fused-ring (bicyclic) bond motifs is 1. The number of rotatable bonds is 3. The highest BCUT2D eigenvalue weighted by Crippen LogP contribution is 2.27. The molecular formula is C18H16N2O4S. The predicted octanol–water partition coefficient (Wildman–Crippen LogP) is 3.23. The summed E-state index contributed by atoms with van der Waals surface area (Å²) in [6.07, 6.45) is 0.609. The molecule has 25 heavy (non-hydrogen) atoms. The smallest absolute Gasteiger partial charge is 0.291 e. The maximum Gasteiger partial charge on any atom is 0.291 e. The molecule has 0 spiro atoms. The molecule has 0 unspecified atom stereocenters. The largest absolute Gasteiger partial charge is 0.451 e. The quantitative estimate of drug-likeness (QED) is 0.781. The first-order chi connectivity index (χ1) is 12.0. The van der Waals surface area contributed by atoms with E-state index in [1.54, 1.807) is 36.4 Å². The maximum absolute atomic E-state index is 12.4. The van der Waals surface area contributed by atoms with Gasteiger partial charge in [-0.3, -0.25) is 9.10 Å². The van der Waals surface area contributed by atoms with Crippen molar-refractivity contribution >= 4 is 38.3 Å². The Kier molecular flexibility index (Phi) is 3.73. The summed E-state index contributed by atoms with van der Waals surface area (Å²) in [5, 5.41) is 3.61. The van der Waals surface area contributed by atoms with Crippen molar-refractivity contribution in [3.63, 3.8) is 0 Å². The Morgan fingerprint density at radius 2 is 1.92 bits per heavy atom. The van der Waals surface area contributed by atoms with Crippen LogP contribution in [0, 0.1) is 0 Å². The van der Waals surface area contributed by atoms with E-state index < -0.39 is 10.0 Å². The van der Waals surface area contributed by atoms with Crippen LogP contribution in [0.3, 0.4) is 0 Å². The van der Waals surface area contributed by atoms with Crippen molar-refractivity contribution in [2.45, 2.75) is 6.42 Å². The molecular weight excluding hydrogens is 340 g/mol. The van der Waals surface area contributed by atoms with Gasteiger partial charge in [-0.1, -0.05) is 24.3 Å². The van der Waals surface area contributed by atoms with Gasteiger partial charge in [-0.25, -0.2) is 8.42 Å². The first kappa shape index (κ1) is 15.7. The zero-order valence-corrected chi connectivity index (χ0v) is 14.1. The van der Waals surface area contributed by atoms with Gasteiger partial charge in [0.15, 0.2) is 5.76 Å². The molecule has 1 aliphatic heterocycles. The van der Waals surface area contributed by atoms with E-state index in [2.05, 4.69) is 5.32 Å². The lowest BCUT2D eigenvalue weighted by Crippen LogP contribution is -2.25. The highest BCUT2D eigenvalue weighted by atomic mass is 32.2. The van der Waals surface area contributed by atoms with Crippen molar-refractivity contribution in [3.8, 4) is 0 Å². The van der Waals surface area contributed by atoms with Crippen molar-refractivity contribution in [3.05, 3.63) is 60.4 Å². The predicted molar refractivity (Wildman–Crippen MR) is 96.4 cm³/mol. The lowest BCUT2D eigenvalue weighted by Gasteiger charge is -2.17. The van der Waals surface area contributed by atoms with Crippen LogP contribution in [0.25, 0.3) is 11.0 Å². The third kappa shape index (κ3) is 2.98. The molecule has 1 aromatic heterocycles. The number of anilines is 2. The van der Waals surface area contributed by atoms with Gasteiger partial charge in [0.2, 0.25) is 10.0 Å². The normalized spacial score (nSPS) is 16.2. The van der Waals surface area contributed by atoms with E-state index in [-0.39, 0.29) is 17.4 Å². The summed E-state index contributed by atoms with van der Waals surface area (Å²) >= 11 is 0. The minimum absolute atomic E-state index is 0.155. The molecule has 1 amide bonds. The number of sulfonamides is 1. The summed E-state index contributed by atoms with van der Waals surface area (Å²) < 4.78 is 31.0. The third-order valence-electron chi connectivity index (χ3n) is 4.14. The number of nitrogens with one attached hydrogen (secondary N) is 1. The van der Waals surface area contributed by atoms with Crippen LogP contribution in [0.1, 0.15) is 17.0 Å². The summed E-state index contributed by atoms with van der Waals surface area (Å²) in [5.41, 5.74) is 1.72. The summed E-state index contributed by atoms with van der Waals surface area (Å²) in [7, 11) is -3.25. The molecule has 0 radical (unpaired) electrons. The van der Waals surface area contributed by atoms with Crippen molar-refractivity contribution in [2.24, 2.45) is 0 Å². The van der Waals surface area contributed by atoms with Gasteiger partial charge in [0.1, 0.15) is 5.58 Å². The highest BCUT2D eigenvalue weighted by Gasteiger charge is 2.28. The van der Waals surface area contributed by atoms with Crippen LogP contribution >= 0.6 is 0 Å². The number of furan rings is 1. The molecule has 1 aliphatic rings. The first-order valence-corrected chi connectivity index (χ1v) is 9.54. The van der Waals surface area contributed by atoms with Gasteiger partial charge in [-0.05, 0) is 36.8 Å². The number of carbonyl (C=O) groups excluding carboxylic acids is 1. The monoisotopic (exact) mass is 356 g/mol. The Balaban J connectivity index is 1.58.